The number of fused-ring (bicyclic) bond motifs is 1. The van der Waals surface area contributed by atoms with Crippen molar-refractivity contribution in [2.45, 2.75) is 0 Å². The maximum atomic E-state index is 13.5. The molecule has 7 heteroatoms. The number of hydrogen-bond donors (Lipinski definition) is 2. The van der Waals surface area contributed by atoms with Crippen LogP contribution in [0.25, 0.3) is 10.9 Å². The van der Waals surface area contributed by atoms with E-state index in [4.69, 9.17) is 4.74 Å². The topological polar surface area (TPSA) is 71.2 Å². The van der Waals surface area contributed by atoms with Crippen LogP contribution >= 0.6 is 0 Å². The highest BCUT2D eigenvalue weighted by molar-refractivity contribution is 5.92. The van der Waals surface area contributed by atoms with Crippen LogP contribution < -0.4 is 15.6 Å². The zero-order chi connectivity index (χ0) is 17.1. The van der Waals surface area contributed by atoms with E-state index in [1.54, 1.807) is 24.3 Å². The Hall–Kier alpha value is -3.22. The number of anilines is 1. The summed E-state index contributed by atoms with van der Waals surface area (Å²) in [7, 11) is 0. The molecule has 0 saturated carbocycles. The molecule has 0 saturated heterocycles. The average Bonchev–Trinajstić information content (AvgIpc) is 2.56. The van der Waals surface area contributed by atoms with Crippen LogP contribution in [0.2, 0.25) is 0 Å². The molecule has 0 aliphatic heterocycles. The molecule has 0 unspecified atom stereocenters. The van der Waals surface area contributed by atoms with Gasteiger partial charge in [0.1, 0.15) is 23.1 Å². The van der Waals surface area contributed by atoms with Crippen LogP contribution in [0.5, 0.6) is 5.75 Å². The van der Waals surface area contributed by atoms with Crippen LogP contribution in [0.1, 0.15) is 0 Å². The predicted octanol–water partition coefficient (Wildman–Crippen LogP) is 2.82. The fourth-order valence-corrected chi connectivity index (χ4v) is 2.21. The van der Waals surface area contributed by atoms with Crippen molar-refractivity contribution in [2.75, 3.05) is 11.9 Å². The number of aromatic nitrogens is 1. The molecule has 0 atom stereocenters. The normalized spacial score (nSPS) is 10.6. The lowest BCUT2D eigenvalue weighted by atomic mass is 10.2. The van der Waals surface area contributed by atoms with Gasteiger partial charge in [0.25, 0.3) is 5.91 Å². The molecule has 1 heterocycles. The first-order valence-corrected chi connectivity index (χ1v) is 7.03. The minimum absolute atomic E-state index is 0.286. The first kappa shape index (κ1) is 15.7. The number of H-pyrrole nitrogens is 1. The number of para-hydroxylation sites is 2. The summed E-state index contributed by atoms with van der Waals surface area (Å²) >= 11 is 0. The summed E-state index contributed by atoms with van der Waals surface area (Å²) in [5, 5.41) is 2.85. The fourth-order valence-electron chi connectivity index (χ4n) is 2.21. The molecule has 0 aliphatic rings. The van der Waals surface area contributed by atoms with Gasteiger partial charge >= 0.3 is 0 Å². The number of hydrogen-bond acceptors (Lipinski definition) is 3. The number of benzene rings is 2. The summed E-state index contributed by atoms with van der Waals surface area (Å²) < 4.78 is 32.3. The Labute approximate surface area is 134 Å². The number of amides is 1. The van der Waals surface area contributed by atoms with Crippen molar-refractivity contribution < 1.29 is 18.3 Å². The van der Waals surface area contributed by atoms with E-state index >= 15 is 0 Å². The third kappa shape index (κ3) is 3.24. The zero-order valence-corrected chi connectivity index (χ0v) is 12.3. The largest absolute Gasteiger partial charge is 0.482 e. The van der Waals surface area contributed by atoms with Gasteiger partial charge in [-0.15, -0.1) is 0 Å². The molecular formula is C17H12F2N2O3. The summed E-state index contributed by atoms with van der Waals surface area (Å²) in [4.78, 5) is 25.9. The molecule has 5 nitrogen and oxygen atoms in total. The average molecular weight is 330 g/mol. The van der Waals surface area contributed by atoms with Crippen LogP contribution in [0, 0.1) is 11.6 Å². The SMILES string of the molecule is O=C(COc1cccc2ccc(=O)[nH]c12)Nc1c(F)cccc1F. The highest BCUT2D eigenvalue weighted by Crippen LogP contribution is 2.22. The number of carbonyl (C=O) groups is 1. The van der Waals surface area contributed by atoms with Crippen molar-refractivity contribution in [2.24, 2.45) is 0 Å². The van der Waals surface area contributed by atoms with Crippen LogP contribution in [0.15, 0.2) is 53.3 Å². The molecular weight excluding hydrogens is 318 g/mol. The standard InChI is InChI=1S/C17H12F2N2O3/c18-11-4-2-5-12(19)17(11)21-15(23)9-24-13-6-1-3-10-7-8-14(22)20-16(10)13/h1-8H,9H2,(H,20,22)(H,21,23). The minimum atomic E-state index is -0.877. The van der Waals surface area contributed by atoms with Gasteiger partial charge in [-0.2, -0.15) is 0 Å². The van der Waals surface area contributed by atoms with E-state index in [0.29, 0.717) is 5.52 Å². The monoisotopic (exact) mass is 330 g/mol. The molecule has 2 aromatic carbocycles. The lowest BCUT2D eigenvalue weighted by Gasteiger charge is -2.10. The van der Waals surface area contributed by atoms with Crippen LogP contribution in [0.4, 0.5) is 14.5 Å². The lowest BCUT2D eigenvalue weighted by molar-refractivity contribution is -0.118. The summed E-state index contributed by atoms with van der Waals surface area (Å²) in [6.07, 6.45) is 0. The molecule has 3 aromatic rings. The van der Waals surface area contributed by atoms with Crippen molar-refractivity contribution in [1.82, 2.24) is 4.98 Å². The first-order valence-electron chi connectivity index (χ1n) is 7.03. The van der Waals surface area contributed by atoms with Gasteiger partial charge in [-0.25, -0.2) is 8.78 Å². The highest BCUT2D eigenvalue weighted by atomic mass is 19.1. The number of aromatic amines is 1. The summed E-state index contributed by atoms with van der Waals surface area (Å²) in [5.74, 6) is -2.20. The van der Waals surface area contributed by atoms with Gasteiger partial charge in [-0.3, -0.25) is 9.59 Å². The maximum Gasteiger partial charge on any atom is 0.262 e. The molecule has 0 aliphatic carbocycles. The number of carbonyl (C=O) groups excluding carboxylic acids is 1. The first-order chi connectivity index (χ1) is 11.5. The van der Waals surface area contributed by atoms with Crippen LogP contribution in [-0.4, -0.2) is 17.5 Å². The number of ether oxygens (including phenoxy) is 1. The quantitative estimate of drug-likeness (QED) is 0.773. The second kappa shape index (κ2) is 6.49. The second-order valence-electron chi connectivity index (χ2n) is 4.98. The molecule has 24 heavy (non-hydrogen) atoms. The zero-order valence-electron chi connectivity index (χ0n) is 12.3. The molecule has 0 fully saturated rings. The van der Waals surface area contributed by atoms with Gasteiger partial charge in [-0.1, -0.05) is 18.2 Å². The summed E-state index contributed by atoms with van der Waals surface area (Å²) in [6, 6.07) is 11.3. The Morgan fingerprint density at radius 3 is 2.50 bits per heavy atom. The van der Waals surface area contributed by atoms with E-state index in [-0.39, 0.29) is 11.3 Å². The molecule has 0 radical (unpaired) electrons. The number of halogens is 2. The van der Waals surface area contributed by atoms with Crippen LogP contribution in [0.3, 0.4) is 0 Å². The van der Waals surface area contributed by atoms with Crippen molar-refractivity contribution >= 4 is 22.5 Å². The Balaban J connectivity index is 1.75. The molecule has 1 aromatic heterocycles. The van der Waals surface area contributed by atoms with Crippen molar-refractivity contribution in [3.63, 3.8) is 0 Å². The molecule has 122 valence electrons. The maximum absolute atomic E-state index is 13.5. The summed E-state index contributed by atoms with van der Waals surface area (Å²) in [5.41, 5.74) is -0.399. The van der Waals surface area contributed by atoms with E-state index in [1.165, 1.54) is 12.1 Å². The molecule has 1 amide bonds. The third-order valence-electron chi connectivity index (χ3n) is 3.31. The highest BCUT2D eigenvalue weighted by Gasteiger charge is 2.13. The minimum Gasteiger partial charge on any atom is -0.482 e. The summed E-state index contributed by atoms with van der Waals surface area (Å²) in [6.45, 7) is -0.468. The Morgan fingerprint density at radius 1 is 1.04 bits per heavy atom. The van der Waals surface area contributed by atoms with Crippen LogP contribution in [-0.2, 0) is 4.79 Å². The number of nitrogens with one attached hydrogen (secondary N) is 2. The Morgan fingerprint density at radius 2 is 1.75 bits per heavy atom. The smallest absolute Gasteiger partial charge is 0.262 e. The van der Waals surface area contributed by atoms with Gasteiger partial charge in [0, 0.05) is 11.5 Å². The predicted molar refractivity (Wildman–Crippen MR) is 85.1 cm³/mol. The van der Waals surface area contributed by atoms with E-state index < -0.39 is 29.8 Å². The van der Waals surface area contributed by atoms with Crippen molar-refractivity contribution in [3.8, 4) is 5.75 Å². The third-order valence-corrected chi connectivity index (χ3v) is 3.31. The fraction of sp³-hybridized carbons (Fsp3) is 0.0588. The van der Waals surface area contributed by atoms with Gasteiger partial charge in [-0.05, 0) is 24.3 Å². The van der Waals surface area contributed by atoms with Gasteiger partial charge < -0.3 is 15.0 Å². The van der Waals surface area contributed by atoms with Gasteiger partial charge in [0.05, 0.1) is 5.52 Å². The van der Waals surface area contributed by atoms with E-state index in [1.807, 2.05) is 0 Å². The van der Waals surface area contributed by atoms with Crippen molar-refractivity contribution in [1.29, 1.82) is 0 Å². The molecule has 0 bridgehead atoms. The molecule has 3 rings (SSSR count). The van der Waals surface area contributed by atoms with E-state index in [0.717, 1.165) is 17.5 Å². The molecule has 0 spiro atoms. The van der Waals surface area contributed by atoms with E-state index in [9.17, 15) is 18.4 Å². The molecule has 2 N–H and O–H groups in total. The Bertz CT molecular complexity index is 949. The van der Waals surface area contributed by atoms with Crippen molar-refractivity contribution in [3.05, 3.63) is 70.5 Å². The van der Waals surface area contributed by atoms with Gasteiger partial charge in [0.15, 0.2) is 6.61 Å². The number of pyridine rings is 1. The lowest BCUT2D eigenvalue weighted by Crippen LogP contribution is -2.21. The Kier molecular flexibility index (Phi) is 4.24. The number of rotatable bonds is 4. The van der Waals surface area contributed by atoms with E-state index in [2.05, 4.69) is 10.3 Å². The van der Waals surface area contributed by atoms with Gasteiger partial charge in [0.2, 0.25) is 5.56 Å². The second-order valence-corrected chi connectivity index (χ2v) is 4.98.